The van der Waals surface area contributed by atoms with Gasteiger partial charge in [0.2, 0.25) is 0 Å². The van der Waals surface area contributed by atoms with Crippen LogP contribution in [0.5, 0.6) is 0 Å². The molecule has 6 heteroatoms. The maximum atomic E-state index is 13.1. The number of carbonyl (C=O) groups is 1. The smallest absolute Gasteiger partial charge is 0.331 e. The molecule has 0 unspecified atom stereocenters. The Morgan fingerprint density at radius 2 is 1.68 bits per heavy atom. The lowest BCUT2D eigenvalue weighted by Crippen LogP contribution is -2.50. The number of ether oxygens (including phenoxy) is 1. The molecule has 0 saturated heterocycles. The normalized spacial score (nSPS) is 10.5. The van der Waals surface area contributed by atoms with Crippen LogP contribution in [0, 0.1) is 19.3 Å². The number of rotatable bonds is 8. The highest BCUT2D eigenvalue weighted by atomic mass is 16.5. The Bertz CT molecular complexity index is 772. The average Bonchev–Trinajstić information content (AvgIpc) is 2.67. The van der Waals surface area contributed by atoms with Crippen molar-refractivity contribution in [2.75, 3.05) is 31.2 Å². The van der Waals surface area contributed by atoms with Crippen molar-refractivity contribution in [1.29, 1.82) is 5.41 Å². The van der Waals surface area contributed by atoms with Gasteiger partial charge in [0.25, 0.3) is 0 Å². The fourth-order valence-electron chi connectivity index (χ4n) is 3.18. The Hall–Kier alpha value is -2.86. The first kappa shape index (κ1) is 21.4. The SMILES string of the molecule is CCN(C(=O)N(CCOCCc1ccccc1)C(=N)N)c1c(C)cccc1C. The molecule has 2 rings (SSSR count). The summed E-state index contributed by atoms with van der Waals surface area (Å²) in [7, 11) is 0. The van der Waals surface area contributed by atoms with Crippen molar-refractivity contribution in [3.63, 3.8) is 0 Å². The van der Waals surface area contributed by atoms with Crippen LogP contribution in [0.2, 0.25) is 0 Å². The van der Waals surface area contributed by atoms with Gasteiger partial charge in [-0.05, 0) is 43.9 Å². The van der Waals surface area contributed by atoms with Crippen molar-refractivity contribution in [1.82, 2.24) is 4.90 Å². The second-order valence-electron chi connectivity index (χ2n) is 6.65. The minimum absolute atomic E-state index is 0.240. The van der Waals surface area contributed by atoms with Crippen molar-refractivity contribution in [2.45, 2.75) is 27.2 Å². The standard InChI is InChI=1S/C22H30N4O2/c1-4-25(20-17(2)9-8-10-18(20)3)22(27)26(21(23)24)14-16-28-15-13-19-11-6-5-7-12-19/h5-12H,4,13-16H2,1-3H3,(H3,23,24). The van der Waals surface area contributed by atoms with E-state index in [0.717, 1.165) is 23.2 Å². The van der Waals surface area contributed by atoms with Gasteiger partial charge in [0.15, 0.2) is 5.96 Å². The van der Waals surface area contributed by atoms with Crippen LogP contribution in [-0.2, 0) is 11.2 Å². The molecule has 2 amide bonds. The van der Waals surface area contributed by atoms with E-state index in [4.69, 9.17) is 15.9 Å². The second kappa shape index (κ2) is 10.5. The number of amides is 2. The third kappa shape index (κ3) is 5.57. The van der Waals surface area contributed by atoms with Crippen LogP contribution in [0.15, 0.2) is 48.5 Å². The van der Waals surface area contributed by atoms with Crippen LogP contribution < -0.4 is 10.6 Å². The molecule has 0 bridgehead atoms. The summed E-state index contributed by atoms with van der Waals surface area (Å²) in [6, 6.07) is 15.7. The number of benzene rings is 2. The van der Waals surface area contributed by atoms with E-state index in [2.05, 4.69) is 12.1 Å². The molecule has 0 saturated carbocycles. The number of anilines is 1. The summed E-state index contributed by atoms with van der Waals surface area (Å²) < 4.78 is 5.67. The summed E-state index contributed by atoms with van der Waals surface area (Å²) in [6.45, 7) is 7.47. The molecule has 0 aliphatic heterocycles. The largest absolute Gasteiger partial charge is 0.379 e. The molecule has 0 aromatic heterocycles. The van der Waals surface area contributed by atoms with Crippen LogP contribution in [0.25, 0.3) is 0 Å². The van der Waals surface area contributed by atoms with Crippen LogP contribution in [0.3, 0.4) is 0 Å². The minimum atomic E-state index is -0.306. The van der Waals surface area contributed by atoms with E-state index >= 15 is 0 Å². The maximum absolute atomic E-state index is 13.1. The number of guanidine groups is 1. The molecule has 0 radical (unpaired) electrons. The van der Waals surface area contributed by atoms with E-state index < -0.39 is 0 Å². The van der Waals surface area contributed by atoms with E-state index in [1.165, 1.54) is 10.5 Å². The molecule has 0 aliphatic carbocycles. The minimum Gasteiger partial charge on any atom is -0.379 e. The Morgan fingerprint density at radius 1 is 1.04 bits per heavy atom. The fraction of sp³-hybridized carbons (Fsp3) is 0.364. The predicted octanol–water partition coefficient (Wildman–Crippen LogP) is 3.70. The first-order valence-corrected chi connectivity index (χ1v) is 9.56. The highest BCUT2D eigenvalue weighted by Gasteiger charge is 2.25. The van der Waals surface area contributed by atoms with Crippen LogP contribution >= 0.6 is 0 Å². The first-order chi connectivity index (χ1) is 13.5. The van der Waals surface area contributed by atoms with Gasteiger partial charge in [-0.1, -0.05) is 48.5 Å². The summed E-state index contributed by atoms with van der Waals surface area (Å²) in [5.74, 6) is -0.277. The van der Waals surface area contributed by atoms with Gasteiger partial charge in [-0.15, -0.1) is 0 Å². The van der Waals surface area contributed by atoms with E-state index in [0.29, 0.717) is 19.8 Å². The third-order valence-corrected chi connectivity index (χ3v) is 4.62. The van der Waals surface area contributed by atoms with Crippen molar-refractivity contribution in [3.8, 4) is 0 Å². The van der Waals surface area contributed by atoms with Gasteiger partial charge in [-0.3, -0.25) is 15.2 Å². The van der Waals surface area contributed by atoms with Gasteiger partial charge >= 0.3 is 6.03 Å². The summed E-state index contributed by atoms with van der Waals surface area (Å²) in [6.07, 6.45) is 0.804. The number of hydrogen-bond acceptors (Lipinski definition) is 3. The lowest BCUT2D eigenvalue weighted by Gasteiger charge is -2.30. The van der Waals surface area contributed by atoms with E-state index in [9.17, 15) is 4.79 Å². The zero-order chi connectivity index (χ0) is 20.5. The number of hydrogen-bond donors (Lipinski definition) is 2. The Balaban J connectivity index is 1.97. The summed E-state index contributed by atoms with van der Waals surface area (Å²) in [5, 5.41) is 7.84. The molecular formula is C22H30N4O2. The molecule has 0 aliphatic rings. The maximum Gasteiger partial charge on any atom is 0.331 e. The fourth-order valence-corrected chi connectivity index (χ4v) is 3.18. The molecule has 2 aromatic carbocycles. The molecule has 28 heavy (non-hydrogen) atoms. The van der Waals surface area contributed by atoms with Gasteiger partial charge in [-0.25, -0.2) is 4.79 Å². The van der Waals surface area contributed by atoms with Crippen LogP contribution in [0.4, 0.5) is 10.5 Å². The number of nitrogens with two attached hydrogens (primary N) is 1. The predicted molar refractivity (Wildman–Crippen MR) is 114 cm³/mol. The van der Waals surface area contributed by atoms with Crippen molar-refractivity contribution in [3.05, 3.63) is 65.2 Å². The lowest BCUT2D eigenvalue weighted by atomic mass is 10.1. The molecule has 0 spiro atoms. The van der Waals surface area contributed by atoms with Crippen molar-refractivity contribution >= 4 is 17.7 Å². The lowest BCUT2D eigenvalue weighted by molar-refractivity contribution is 0.126. The molecule has 3 N–H and O–H groups in total. The van der Waals surface area contributed by atoms with E-state index in [-0.39, 0.29) is 18.5 Å². The van der Waals surface area contributed by atoms with Crippen LogP contribution in [0.1, 0.15) is 23.6 Å². The number of para-hydroxylation sites is 1. The van der Waals surface area contributed by atoms with Gasteiger partial charge in [0.05, 0.1) is 25.4 Å². The topological polar surface area (TPSA) is 82.7 Å². The van der Waals surface area contributed by atoms with Gasteiger partial charge in [0, 0.05) is 6.54 Å². The highest BCUT2D eigenvalue weighted by molar-refractivity contribution is 6.03. The van der Waals surface area contributed by atoms with Crippen molar-refractivity contribution in [2.24, 2.45) is 5.73 Å². The number of carbonyl (C=O) groups excluding carboxylic acids is 1. The molecule has 0 fully saturated rings. The molecular weight excluding hydrogens is 352 g/mol. The van der Waals surface area contributed by atoms with Gasteiger partial charge < -0.3 is 10.5 Å². The number of urea groups is 1. The van der Waals surface area contributed by atoms with E-state index in [1.54, 1.807) is 4.90 Å². The molecule has 2 aromatic rings. The highest BCUT2D eigenvalue weighted by Crippen LogP contribution is 2.25. The summed E-state index contributed by atoms with van der Waals surface area (Å²) in [4.78, 5) is 16.0. The molecule has 6 nitrogen and oxygen atoms in total. The van der Waals surface area contributed by atoms with Gasteiger partial charge in [-0.2, -0.15) is 0 Å². The quantitative estimate of drug-likeness (QED) is 0.415. The molecule has 150 valence electrons. The zero-order valence-corrected chi connectivity index (χ0v) is 16.9. The van der Waals surface area contributed by atoms with Gasteiger partial charge in [0.1, 0.15) is 0 Å². The van der Waals surface area contributed by atoms with Crippen molar-refractivity contribution < 1.29 is 9.53 Å². The molecule has 0 heterocycles. The average molecular weight is 383 g/mol. The zero-order valence-electron chi connectivity index (χ0n) is 16.9. The first-order valence-electron chi connectivity index (χ1n) is 9.56. The second-order valence-corrected chi connectivity index (χ2v) is 6.65. The Labute approximate surface area is 167 Å². The van der Waals surface area contributed by atoms with Crippen LogP contribution in [-0.4, -0.2) is 43.2 Å². The molecule has 0 atom stereocenters. The summed E-state index contributed by atoms with van der Waals surface area (Å²) >= 11 is 0. The monoisotopic (exact) mass is 382 g/mol. The number of nitrogens with zero attached hydrogens (tertiary/aromatic N) is 2. The number of nitrogens with one attached hydrogen (secondary N) is 1. The van der Waals surface area contributed by atoms with E-state index in [1.807, 2.05) is 57.2 Å². The Kier molecular flexibility index (Phi) is 8.02. The Morgan fingerprint density at radius 3 is 2.25 bits per heavy atom. The third-order valence-electron chi connectivity index (χ3n) is 4.62. The number of aryl methyl sites for hydroxylation is 2. The summed E-state index contributed by atoms with van der Waals surface area (Å²) in [5.41, 5.74) is 9.79.